The molecule has 5 nitrogen and oxygen atoms in total. The number of Topliss-reactive ketones (excluding diaryl/α,β-unsaturated/α-hetero) is 2. The van der Waals surface area contributed by atoms with E-state index >= 15 is 0 Å². The monoisotopic (exact) mass is 384 g/mol. The van der Waals surface area contributed by atoms with Gasteiger partial charge in [-0.2, -0.15) is 0 Å². The zero-order valence-corrected chi connectivity index (χ0v) is 16.1. The lowest BCUT2D eigenvalue weighted by atomic mass is 9.78. The molecule has 0 unspecified atom stereocenters. The standard InChI is InChI=1S/C21H24N2O3S/c24-16-14-3-1-2-4-15(14)18-19(17(16)25)27-20(13-5-9-22-10-6-13)21(26-18)7-11-23-12-8-21/h1-4,13,20,22-23H,5-12H2/t20-/m1/s1. The molecule has 1 aromatic rings. The molecule has 0 saturated carbocycles. The third-order valence-corrected chi connectivity index (χ3v) is 8.04. The highest BCUT2D eigenvalue weighted by molar-refractivity contribution is 8.05. The number of piperidine rings is 2. The molecule has 3 heterocycles. The van der Waals surface area contributed by atoms with Gasteiger partial charge < -0.3 is 15.4 Å². The van der Waals surface area contributed by atoms with Crippen molar-refractivity contribution in [1.82, 2.24) is 10.6 Å². The van der Waals surface area contributed by atoms with Gasteiger partial charge in [-0.25, -0.2) is 0 Å². The number of rotatable bonds is 1. The van der Waals surface area contributed by atoms with E-state index in [4.69, 9.17) is 4.74 Å². The van der Waals surface area contributed by atoms with Crippen molar-refractivity contribution >= 4 is 29.1 Å². The molecule has 0 radical (unpaired) electrons. The average molecular weight is 385 g/mol. The number of hydrogen-bond donors (Lipinski definition) is 2. The van der Waals surface area contributed by atoms with Crippen LogP contribution in [0.1, 0.15) is 41.6 Å². The van der Waals surface area contributed by atoms with Crippen molar-refractivity contribution < 1.29 is 14.3 Å². The third-order valence-electron chi connectivity index (χ3n) is 6.37. The van der Waals surface area contributed by atoms with Gasteiger partial charge in [-0.05, 0) is 44.9 Å². The molecule has 2 N–H and O–H groups in total. The lowest BCUT2D eigenvalue weighted by molar-refractivity contribution is -0.111. The Bertz CT molecular complexity index is 822. The van der Waals surface area contributed by atoms with Gasteiger partial charge >= 0.3 is 0 Å². The molecule has 3 aliphatic heterocycles. The van der Waals surface area contributed by atoms with Gasteiger partial charge in [0.05, 0.1) is 5.25 Å². The van der Waals surface area contributed by atoms with Gasteiger partial charge in [0.25, 0.3) is 0 Å². The molecule has 0 aromatic heterocycles. The zero-order valence-electron chi connectivity index (χ0n) is 15.3. The molecule has 1 aliphatic carbocycles. The summed E-state index contributed by atoms with van der Waals surface area (Å²) in [5, 5.41) is 7.11. The number of ketones is 2. The summed E-state index contributed by atoms with van der Waals surface area (Å²) in [6.45, 7) is 3.88. The van der Waals surface area contributed by atoms with Crippen molar-refractivity contribution in [2.24, 2.45) is 5.92 Å². The minimum Gasteiger partial charge on any atom is -0.484 e. The van der Waals surface area contributed by atoms with Crippen LogP contribution in [0.3, 0.4) is 0 Å². The summed E-state index contributed by atoms with van der Waals surface area (Å²) in [5.74, 6) is 0.359. The Hall–Kier alpha value is -1.63. The first-order valence-electron chi connectivity index (χ1n) is 9.89. The Morgan fingerprint density at radius 1 is 0.926 bits per heavy atom. The van der Waals surface area contributed by atoms with E-state index in [0.29, 0.717) is 22.1 Å². The predicted octanol–water partition coefficient (Wildman–Crippen LogP) is 2.37. The van der Waals surface area contributed by atoms with Gasteiger partial charge in [0.2, 0.25) is 11.6 Å². The summed E-state index contributed by atoms with van der Waals surface area (Å²) in [4.78, 5) is 26.1. The van der Waals surface area contributed by atoms with Crippen LogP contribution >= 0.6 is 11.8 Å². The summed E-state index contributed by atoms with van der Waals surface area (Å²) < 4.78 is 6.76. The van der Waals surface area contributed by atoms with E-state index in [1.807, 2.05) is 18.2 Å². The second kappa shape index (κ2) is 6.76. The van der Waals surface area contributed by atoms with E-state index in [1.54, 1.807) is 17.8 Å². The predicted molar refractivity (Wildman–Crippen MR) is 106 cm³/mol. The summed E-state index contributed by atoms with van der Waals surface area (Å²) in [5.41, 5.74) is 1.00. The lowest BCUT2D eigenvalue weighted by Crippen LogP contribution is -2.56. The van der Waals surface area contributed by atoms with Crippen LogP contribution in [-0.2, 0) is 9.53 Å². The molecule has 142 valence electrons. The smallest absolute Gasteiger partial charge is 0.243 e. The molecule has 5 rings (SSSR count). The van der Waals surface area contributed by atoms with Crippen LogP contribution in [0.15, 0.2) is 29.2 Å². The number of allylic oxidation sites excluding steroid dienone is 1. The number of ether oxygens (including phenoxy) is 1. The highest BCUT2D eigenvalue weighted by Crippen LogP contribution is 2.53. The summed E-state index contributed by atoms with van der Waals surface area (Å²) in [6.07, 6.45) is 4.07. The zero-order chi connectivity index (χ0) is 18.4. The Morgan fingerprint density at radius 2 is 1.59 bits per heavy atom. The molecule has 0 bridgehead atoms. The SMILES string of the molecule is O=C1C(=O)c2ccccc2C2=C1S[C@H](C1CCNCC1)C1(CCNCC1)O2. The normalized spacial score (nSPS) is 27.9. The quantitative estimate of drug-likeness (QED) is 0.725. The first-order valence-corrected chi connectivity index (χ1v) is 10.8. The van der Waals surface area contributed by atoms with Crippen LogP contribution in [0.25, 0.3) is 5.76 Å². The molecular formula is C21H24N2O3S. The van der Waals surface area contributed by atoms with Crippen LogP contribution in [0.4, 0.5) is 0 Å². The largest absolute Gasteiger partial charge is 0.484 e. The number of carbonyl (C=O) groups excluding carboxylic acids is 2. The molecule has 1 atom stereocenters. The van der Waals surface area contributed by atoms with Gasteiger partial charge in [-0.15, -0.1) is 11.8 Å². The average Bonchev–Trinajstić information content (AvgIpc) is 2.73. The van der Waals surface area contributed by atoms with Crippen molar-refractivity contribution in [1.29, 1.82) is 0 Å². The number of thioether (sulfide) groups is 1. The fourth-order valence-electron chi connectivity index (χ4n) is 4.94. The molecule has 0 amide bonds. The minimum atomic E-state index is -0.397. The van der Waals surface area contributed by atoms with Crippen molar-refractivity contribution in [3.05, 3.63) is 40.3 Å². The van der Waals surface area contributed by atoms with E-state index in [9.17, 15) is 9.59 Å². The van der Waals surface area contributed by atoms with Gasteiger partial charge in [0.15, 0.2) is 0 Å². The fraction of sp³-hybridized carbons (Fsp3) is 0.524. The number of hydrogen-bond acceptors (Lipinski definition) is 6. The molecule has 2 fully saturated rings. The van der Waals surface area contributed by atoms with Crippen molar-refractivity contribution in [2.75, 3.05) is 26.2 Å². The van der Waals surface area contributed by atoms with Crippen molar-refractivity contribution in [2.45, 2.75) is 36.5 Å². The first kappa shape index (κ1) is 17.5. The second-order valence-corrected chi connectivity index (χ2v) is 9.06. The summed E-state index contributed by atoms with van der Waals surface area (Å²) in [7, 11) is 0. The van der Waals surface area contributed by atoms with E-state index < -0.39 is 11.6 Å². The maximum absolute atomic E-state index is 12.9. The van der Waals surface area contributed by atoms with Crippen molar-refractivity contribution in [3.8, 4) is 0 Å². The maximum atomic E-state index is 12.9. The van der Waals surface area contributed by atoms with Gasteiger partial charge in [0.1, 0.15) is 16.3 Å². The van der Waals surface area contributed by atoms with Crippen LogP contribution in [0.2, 0.25) is 0 Å². The number of fused-ring (bicyclic) bond motifs is 2. The minimum absolute atomic E-state index is 0.225. The summed E-state index contributed by atoms with van der Waals surface area (Å²) >= 11 is 1.63. The number of carbonyl (C=O) groups is 2. The Kier molecular flexibility index (Phi) is 4.37. The van der Waals surface area contributed by atoms with E-state index in [0.717, 1.165) is 57.4 Å². The Balaban J connectivity index is 1.61. The number of benzene rings is 1. The molecule has 27 heavy (non-hydrogen) atoms. The van der Waals surface area contributed by atoms with Crippen LogP contribution in [0.5, 0.6) is 0 Å². The molecule has 1 aromatic carbocycles. The second-order valence-electron chi connectivity index (χ2n) is 7.90. The highest BCUT2D eigenvalue weighted by Gasteiger charge is 2.53. The Morgan fingerprint density at radius 3 is 2.33 bits per heavy atom. The van der Waals surface area contributed by atoms with Crippen LogP contribution in [0, 0.1) is 5.92 Å². The third kappa shape index (κ3) is 2.77. The molecular weight excluding hydrogens is 360 g/mol. The molecule has 6 heteroatoms. The van der Waals surface area contributed by atoms with Crippen LogP contribution < -0.4 is 10.6 Å². The fourth-order valence-corrected chi connectivity index (χ4v) is 6.62. The summed E-state index contributed by atoms with van der Waals surface area (Å²) in [6, 6.07) is 7.37. The maximum Gasteiger partial charge on any atom is 0.243 e. The van der Waals surface area contributed by atoms with Crippen molar-refractivity contribution in [3.63, 3.8) is 0 Å². The van der Waals surface area contributed by atoms with Gasteiger partial charge in [-0.1, -0.05) is 24.3 Å². The van der Waals surface area contributed by atoms with E-state index in [1.165, 1.54) is 0 Å². The van der Waals surface area contributed by atoms with E-state index in [-0.39, 0.29) is 10.9 Å². The lowest BCUT2D eigenvalue weighted by Gasteiger charge is -2.51. The molecule has 1 spiro atoms. The van der Waals surface area contributed by atoms with E-state index in [2.05, 4.69) is 10.6 Å². The first-order chi connectivity index (χ1) is 13.2. The highest BCUT2D eigenvalue weighted by atomic mass is 32.2. The van der Waals surface area contributed by atoms with Gasteiger partial charge in [0, 0.05) is 24.0 Å². The topological polar surface area (TPSA) is 67.4 Å². The van der Waals surface area contributed by atoms with Crippen LogP contribution in [-0.4, -0.2) is 48.6 Å². The Labute approximate surface area is 163 Å². The molecule has 4 aliphatic rings. The molecule has 2 saturated heterocycles. The van der Waals surface area contributed by atoms with Gasteiger partial charge in [-0.3, -0.25) is 9.59 Å². The number of nitrogens with one attached hydrogen (secondary N) is 2.